The van der Waals surface area contributed by atoms with Gasteiger partial charge < -0.3 is 15.4 Å². The van der Waals surface area contributed by atoms with Crippen LogP contribution in [0.1, 0.15) is 42.0 Å². The summed E-state index contributed by atoms with van der Waals surface area (Å²) >= 11 is 0. The Hall–Kier alpha value is -2.74. The summed E-state index contributed by atoms with van der Waals surface area (Å²) in [6.07, 6.45) is 8.21. The Kier molecular flexibility index (Phi) is 4.22. The van der Waals surface area contributed by atoms with E-state index in [2.05, 4.69) is 4.98 Å². The number of allylic oxidation sites excluding steroid dienone is 2. The van der Waals surface area contributed by atoms with Crippen LogP contribution in [0, 0.1) is 5.92 Å². The predicted molar refractivity (Wildman–Crippen MR) is 97.7 cm³/mol. The van der Waals surface area contributed by atoms with Crippen molar-refractivity contribution in [3.63, 3.8) is 0 Å². The molecule has 3 aliphatic heterocycles. The molecule has 1 aromatic heterocycles. The van der Waals surface area contributed by atoms with Crippen molar-refractivity contribution >= 4 is 18.0 Å². The molecule has 142 valence electrons. The van der Waals surface area contributed by atoms with Crippen LogP contribution in [0.15, 0.2) is 28.6 Å². The molecule has 4 aliphatic rings. The molecule has 1 aromatic rings. The van der Waals surface area contributed by atoms with Crippen LogP contribution >= 0.6 is 0 Å². The lowest BCUT2D eigenvalue weighted by Crippen LogP contribution is -2.51. The topological polar surface area (TPSA) is 108 Å². The number of primary amides is 1. The van der Waals surface area contributed by atoms with E-state index in [0.29, 0.717) is 44.7 Å². The van der Waals surface area contributed by atoms with Gasteiger partial charge in [0.25, 0.3) is 11.5 Å². The smallest absolute Gasteiger partial charge is 0.267 e. The maximum atomic E-state index is 13.2. The van der Waals surface area contributed by atoms with Gasteiger partial charge in [0.15, 0.2) is 0 Å². The summed E-state index contributed by atoms with van der Waals surface area (Å²) in [4.78, 5) is 43.6. The number of hydrogen-bond acceptors (Lipinski definition) is 5. The van der Waals surface area contributed by atoms with E-state index in [9.17, 15) is 14.4 Å². The van der Waals surface area contributed by atoms with Gasteiger partial charge in [0.1, 0.15) is 17.1 Å². The Morgan fingerprint density at radius 3 is 2.74 bits per heavy atom. The van der Waals surface area contributed by atoms with Crippen molar-refractivity contribution in [2.24, 2.45) is 11.7 Å². The monoisotopic (exact) mass is 370 g/mol. The highest BCUT2D eigenvalue weighted by Gasteiger charge is 2.45. The van der Waals surface area contributed by atoms with Gasteiger partial charge in [-0.15, -0.1) is 0 Å². The molecular formula is C19H22N4O4. The Labute approximate surface area is 156 Å². The lowest BCUT2D eigenvalue weighted by Gasteiger charge is -2.42. The molecular weight excluding hydrogens is 348 g/mol. The average molecular weight is 370 g/mol. The van der Waals surface area contributed by atoms with Crippen LogP contribution in [0.5, 0.6) is 0 Å². The SMILES string of the molecule is CN(C(=O)C1CCOCC1)C12C=CC(=Cn3c1nc(C(N)=O)cc3=O)CC2. The van der Waals surface area contributed by atoms with Gasteiger partial charge in [-0.05, 0) is 31.3 Å². The summed E-state index contributed by atoms with van der Waals surface area (Å²) in [5.41, 5.74) is 4.99. The van der Waals surface area contributed by atoms with Gasteiger partial charge >= 0.3 is 0 Å². The molecule has 27 heavy (non-hydrogen) atoms. The van der Waals surface area contributed by atoms with Crippen molar-refractivity contribution in [1.82, 2.24) is 14.5 Å². The fraction of sp³-hybridized carbons (Fsp3) is 0.474. The van der Waals surface area contributed by atoms with E-state index in [4.69, 9.17) is 10.5 Å². The fourth-order valence-electron chi connectivity index (χ4n) is 4.10. The highest BCUT2D eigenvalue weighted by Crippen LogP contribution is 2.41. The molecule has 8 nitrogen and oxygen atoms in total. The van der Waals surface area contributed by atoms with Crippen molar-refractivity contribution in [2.75, 3.05) is 20.3 Å². The molecule has 0 saturated carbocycles. The molecule has 0 spiro atoms. The zero-order valence-electron chi connectivity index (χ0n) is 15.2. The molecule has 0 aromatic carbocycles. The average Bonchev–Trinajstić information content (AvgIpc) is 2.95. The zero-order valence-corrected chi connectivity index (χ0v) is 15.2. The summed E-state index contributed by atoms with van der Waals surface area (Å²) in [6.45, 7) is 1.14. The van der Waals surface area contributed by atoms with E-state index < -0.39 is 11.4 Å². The summed E-state index contributed by atoms with van der Waals surface area (Å²) in [5.74, 6) is -0.530. The van der Waals surface area contributed by atoms with Crippen LogP contribution < -0.4 is 11.3 Å². The van der Waals surface area contributed by atoms with E-state index in [1.165, 1.54) is 4.57 Å². The Morgan fingerprint density at radius 2 is 2.11 bits per heavy atom. The molecule has 1 saturated heterocycles. The molecule has 1 unspecified atom stereocenters. The zero-order chi connectivity index (χ0) is 19.2. The quantitative estimate of drug-likeness (QED) is 0.840. The van der Waals surface area contributed by atoms with Crippen LogP contribution in [0.3, 0.4) is 0 Å². The highest BCUT2D eigenvalue weighted by atomic mass is 16.5. The first-order valence-electron chi connectivity index (χ1n) is 9.11. The van der Waals surface area contributed by atoms with Crippen LogP contribution in [-0.2, 0) is 15.1 Å². The van der Waals surface area contributed by atoms with Gasteiger partial charge in [-0.2, -0.15) is 0 Å². The van der Waals surface area contributed by atoms with E-state index in [1.807, 2.05) is 12.2 Å². The third-order valence-corrected chi connectivity index (χ3v) is 5.75. The third-order valence-electron chi connectivity index (χ3n) is 5.75. The van der Waals surface area contributed by atoms with Crippen molar-refractivity contribution in [1.29, 1.82) is 0 Å². The number of ether oxygens (including phenoxy) is 1. The van der Waals surface area contributed by atoms with Gasteiger partial charge in [-0.25, -0.2) is 4.98 Å². The van der Waals surface area contributed by atoms with Gasteiger partial charge in [-0.1, -0.05) is 12.2 Å². The van der Waals surface area contributed by atoms with Gasteiger partial charge in [0.05, 0.1) is 0 Å². The van der Waals surface area contributed by atoms with E-state index in [1.54, 1.807) is 18.1 Å². The van der Waals surface area contributed by atoms with Crippen molar-refractivity contribution < 1.29 is 14.3 Å². The van der Waals surface area contributed by atoms with Gasteiger partial charge in [0.2, 0.25) is 5.91 Å². The summed E-state index contributed by atoms with van der Waals surface area (Å²) in [7, 11) is 1.74. The Balaban J connectivity index is 1.84. The number of rotatable bonds is 3. The van der Waals surface area contributed by atoms with Gasteiger partial charge in [0, 0.05) is 38.4 Å². The fourth-order valence-corrected chi connectivity index (χ4v) is 4.10. The molecule has 2 N–H and O–H groups in total. The lowest BCUT2D eigenvalue weighted by atomic mass is 9.83. The molecule has 8 heteroatoms. The molecule has 5 rings (SSSR count). The number of carbonyl (C=O) groups excluding carboxylic acids is 2. The standard InChI is InChI=1S/C19H22N4O4/c1-22(17(26)13-4-8-27-9-5-13)19-6-2-12(3-7-19)11-23-15(24)10-14(16(20)25)21-18(19)23/h2,6,10-11,13H,3-5,7-9H2,1H3,(H2,20,25). The van der Waals surface area contributed by atoms with E-state index >= 15 is 0 Å². The number of carbonyl (C=O) groups is 2. The molecule has 4 heterocycles. The summed E-state index contributed by atoms with van der Waals surface area (Å²) < 4.78 is 6.80. The number of fused-ring (bicyclic) bond motifs is 1. The molecule has 2 bridgehead atoms. The highest BCUT2D eigenvalue weighted by molar-refractivity contribution is 5.90. The summed E-state index contributed by atoms with van der Waals surface area (Å²) in [5, 5.41) is 0. The minimum absolute atomic E-state index is 0.00132. The van der Waals surface area contributed by atoms with Crippen LogP contribution in [0.4, 0.5) is 0 Å². The van der Waals surface area contributed by atoms with Gasteiger partial charge in [-0.3, -0.25) is 19.0 Å². The normalized spacial score (nSPS) is 24.1. The largest absolute Gasteiger partial charge is 0.381 e. The van der Waals surface area contributed by atoms with E-state index in [-0.39, 0.29) is 23.1 Å². The summed E-state index contributed by atoms with van der Waals surface area (Å²) in [6, 6.07) is 1.14. The van der Waals surface area contributed by atoms with Crippen LogP contribution in [-0.4, -0.2) is 46.5 Å². The Morgan fingerprint density at radius 1 is 1.37 bits per heavy atom. The minimum atomic E-state index is -0.892. The molecule has 0 radical (unpaired) electrons. The minimum Gasteiger partial charge on any atom is -0.381 e. The molecule has 1 aliphatic carbocycles. The second kappa shape index (κ2) is 6.45. The van der Waals surface area contributed by atoms with Crippen molar-refractivity contribution in [3.05, 3.63) is 45.7 Å². The molecule has 1 atom stereocenters. The third kappa shape index (κ3) is 2.80. The molecule has 2 amide bonds. The molecule has 1 fully saturated rings. The number of aromatic nitrogens is 2. The Bertz CT molecular complexity index is 926. The maximum absolute atomic E-state index is 13.2. The first-order valence-corrected chi connectivity index (χ1v) is 9.11. The predicted octanol–water partition coefficient (Wildman–Crippen LogP) is 0.627. The van der Waals surface area contributed by atoms with Crippen molar-refractivity contribution in [2.45, 2.75) is 31.2 Å². The van der Waals surface area contributed by atoms with Crippen LogP contribution in [0.2, 0.25) is 0 Å². The number of nitrogens with zero attached hydrogens (tertiary/aromatic N) is 3. The lowest BCUT2D eigenvalue weighted by molar-refractivity contribution is -0.142. The second-order valence-electron chi connectivity index (χ2n) is 7.28. The number of amides is 2. The number of hydrogen-bond donors (Lipinski definition) is 1. The second-order valence-corrected chi connectivity index (χ2v) is 7.28. The van der Waals surface area contributed by atoms with Crippen LogP contribution in [0.25, 0.3) is 6.20 Å². The van der Waals surface area contributed by atoms with Crippen molar-refractivity contribution in [3.8, 4) is 0 Å². The van der Waals surface area contributed by atoms with E-state index in [0.717, 1.165) is 11.6 Å². The number of likely N-dealkylation sites (N-methyl/N-ethyl adjacent to an activating group) is 1. The first-order chi connectivity index (χ1) is 12.9. The maximum Gasteiger partial charge on any atom is 0.267 e. The number of nitrogens with two attached hydrogens (primary N) is 1. The first kappa shape index (κ1) is 17.7.